The maximum atomic E-state index is 5.37. The van der Waals surface area contributed by atoms with E-state index >= 15 is 0 Å². The van der Waals surface area contributed by atoms with E-state index in [0.29, 0.717) is 0 Å². The topological polar surface area (TPSA) is 41.3 Å². The summed E-state index contributed by atoms with van der Waals surface area (Å²) in [7, 11) is 0. The molecular weight excluding hydrogens is 150 g/mol. The molecule has 0 aliphatic carbocycles. The highest BCUT2D eigenvalue weighted by Crippen LogP contribution is 2.04. The number of nitrogens with two attached hydrogens (primary N) is 1. The summed E-state index contributed by atoms with van der Waals surface area (Å²) in [6.45, 7) is 6.95. The van der Waals surface area contributed by atoms with Crippen LogP contribution in [0.2, 0.25) is 0 Å². The first-order chi connectivity index (χ1) is 5.93. The lowest BCUT2D eigenvalue weighted by Gasteiger charge is -2.30. The molecule has 1 aliphatic rings. The van der Waals surface area contributed by atoms with Crippen LogP contribution in [0.5, 0.6) is 0 Å². The van der Waals surface area contributed by atoms with Gasteiger partial charge in [-0.15, -0.1) is 0 Å². The Balaban J connectivity index is 1.70. The van der Waals surface area contributed by atoms with Gasteiger partial charge in [0.05, 0.1) is 0 Å². The molecule has 1 rings (SSSR count). The second kappa shape index (κ2) is 6.40. The minimum absolute atomic E-state index is 0.805. The molecule has 3 heteroatoms. The van der Waals surface area contributed by atoms with Gasteiger partial charge in [0.1, 0.15) is 0 Å². The predicted molar refractivity (Wildman–Crippen MR) is 52.2 cm³/mol. The average molecular weight is 171 g/mol. The second-order valence-corrected chi connectivity index (χ2v) is 3.44. The summed E-state index contributed by atoms with van der Waals surface area (Å²) in [6, 6.07) is 0. The lowest BCUT2D eigenvalue weighted by Crippen LogP contribution is -2.38. The standard InChI is InChI=1S/C9H21N3/c10-4-1-5-11-6-2-7-12-8-3-9-12/h11H,1-10H2. The largest absolute Gasteiger partial charge is 0.330 e. The van der Waals surface area contributed by atoms with Crippen LogP contribution < -0.4 is 11.1 Å². The fraction of sp³-hybridized carbons (Fsp3) is 1.00. The van der Waals surface area contributed by atoms with Crippen molar-refractivity contribution >= 4 is 0 Å². The normalized spacial score (nSPS) is 17.8. The number of likely N-dealkylation sites (tertiary alicyclic amines) is 1. The predicted octanol–water partition coefficient (Wildman–Crippen LogP) is 0.0206. The van der Waals surface area contributed by atoms with Crippen LogP contribution in [0, 0.1) is 0 Å². The molecule has 1 saturated heterocycles. The van der Waals surface area contributed by atoms with Gasteiger partial charge in [0, 0.05) is 0 Å². The van der Waals surface area contributed by atoms with Gasteiger partial charge in [-0.1, -0.05) is 0 Å². The molecular formula is C9H21N3. The van der Waals surface area contributed by atoms with Crippen molar-refractivity contribution in [2.24, 2.45) is 5.73 Å². The van der Waals surface area contributed by atoms with Gasteiger partial charge in [0.2, 0.25) is 0 Å². The Kier molecular flexibility index (Phi) is 5.32. The van der Waals surface area contributed by atoms with Crippen LogP contribution in [0.1, 0.15) is 19.3 Å². The molecule has 3 N–H and O–H groups in total. The summed E-state index contributed by atoms with van der Waals surface area (Å²) in [4.78, 5) is 2.50. The lowest BCUT2D eigenvalue weighted by atomic mass is 10.2. The molecule has 0 aromatic carbocycles. The maximum Gasteiger partial charge on any atom is -0.000653 e. The smallest absolute Gasteiger partial charge is 0.000653 e. The molecule has 72 valence electrons. The lowest BCUT2D eigenvalue weighted by molar-refractivity contribution is 0.179. The van der Waals surface area contributed by atoms with Gasteiger partial charge in [0.25, 0.3) is 0 Å². The fourth-order valence-corrected chi connectivity index (χ4v) is 1.39. The van der Waals surface area contributed by atoms with Gasteiger partial charge in [-0.3, -0.25) is 0 Å². The van der Waals surface area contributed by atoms with Gasteiger partial charge in [0.15, 0.2) is 0 Å². The van der Waals surface area contributed by atoms with E-state index in [-0.39, 0.29) is 0 Å². The van der Waals surface area contributed by atoms with Crippen LogP contribution >= 0.6 is 0 Å². The molecule has 0 bridgehead atoms. The fourth-order valence-electron chi connectivity index (χ4n) is 1.39. The van der Waals surface area contributed by atoms with Crippen LogP contribution in [0.25, 0.3) is 0 Å². The highest BCUT2D eigenvalue weighted by atomic mass is 15.2. The molecule has 0 aromatic heterocycles. The number of hydrogen-bond acceptors (Lipinski definition) is 3. The van der Waals surface area contributed by atoms with E-state index in [1.807, 2.05) is 0 Å². The molecule has 0 radical (unpaired) electrons. The van der Waals surface area contributed by atoms with E-state index < -0.39 is 0 Å². The molecule has 0 atom stereocenters. The molecule has 0 amide bonds. The van der Waals surface area contributed by atoms with E-state index in [2.05, 4.69) is 10.2 Å². The van der Waals surface area contributed by atoms with Crippen LogP contribution in [-0.2, 0) is 0 Å². The summed E-state index contributed by atoms with van der Waals surface area (Å²) in [5.41, 5.74) is 5.37. The molecule has 1 aliphatic heterocycles. The highest BCUT2D eigenvalue weighted by Gasteiger charge is 2.11. The molecule has 0 spiro atoms. The third kappa shape index (κ3) is 4.04. The summed E-state index contributed by atoms with van der Waals surface area (Å²) in [6.07, 6.45) is 3.79. The summed E-state index contributed by atoms with van der Waals surface area (Å²) >= 11 is 0. The Morgan fingerprint density at radius 3 is 2.50 bits per heavy atom. The Morgan fingerprint density at radius 2 is 1.92 bits per heavy atom. The second-order valence-electron chi connectivity index (χ2n) is 3.44. The molecule has 1 fully saturated rings. The molecule has 0 unspecified atom stereocenters. The van der Waals surface area contributed by atoms with Gasteiger partial charge in [-0.2, -0.15) is 0 Å². The van der Waals surface area contributed by atoms with Gasteiger partial charge in [-0.05, 0) is 58.5 Å². The monoisotopic (exact) mass is 171 g/mol. The first-order valence-electron chi connectivity index (χ1n) is 5.06. The van der Waals surface area contributed by atoms with Crippen molar-refractivity contribution in [1.82, 2.24) is 10.2 Å². The van der Waals surface area contributed by atoms with Crippen molar-refractivity contribution in [3.63, 3.8) is 0 Å². The number of rotatable bonds is 7. The van der Waals surface area contributed by atoms with Crippen molar-refractivity contribution in [2.45, 2.75) is 19.3 Å². The summed E-state index contributed by atoms with van der Waals surface area (Å²) < 4.78 is 0. The maximum absolute atomic E-state index is 5.37. The number of nitrogens with one attached hydrogen (secondary N) is 1. The van der Waals surface area contributed by atoms with E-state index in [9.17, 15) is 0 Å². The van der Waals surface area contributed by atoms with Crippen molar-refractivity contribution < 1.29 is 0 Å². The Morgan fingerprint density at radius 1 is 1.17 bits per heavy atom. The first-order valence-corrected chi connectivity index (χ1v) is 5.06. The zero-order valence-corrected chi connectivity index (χ0v) is 7.89. The Hall–Kier alpha value is -0.120. The third-order valence-electron chi connectivity index (χ3n) is 2.33. The minimum Gasteiger partial charge on any atom is -0.330 e. The number of hydrogen-bond donors (Lipinski definition) is 2. The Bertz CT molecular complexity index is 102. The average Bonchev–Trinajstić information content (AvgIpc) is 2.00. The molecule has 0 saturated carbocycles. The third-order valence-corrected chi connectivity index (χ3v) is 2.33. The number of nitrogens with zero attached hydrogens (tertiary/aromatic N) is 1. The molecule has 3 nitrogen and oxygen atoms in total. The quantitative estimate of drug-likeness (QED) is 0.531. The van der Waals surface area contributed by atoms with Gasteiger partial charge in [-0.25, -0.2) is 0 Å². The van der Waals surface area contributed by atoms with E-state index in [4.69, 9.17) is 5.73 Å². The van der Waals surface area contributed by atoms with Crippen molar-refractivity contribution in [3.05, 3.63) is 0 Å². The zero-order chi connectivity index (χ0) is 8.65. The van der Waals surface area contributed by atoms with Crippen LogP contribution in [0.15, 0.2) is 0 Å². The Labute approximate surface area is 75.3 Å². The van der Waals surface area contributed by atoms with Gasteiger partial charge < -0.3 is 16.0 Å². The van der Waals surface area contributed by atoms with Crippen molar-refractivity contribution in [1.29, 1.82) is 0 Å². The van der Waals surface area contributed by atoms with E-state index in [1.54, 1.807) is 0 Å². The molecule has 1 heterocycles. The summed E-state index contributed by atoms with van der Waals surface area (Å²) in [5, 5.41) is 3.38. The van der Waals surface area contributed by atoms with Crippen molar-refractivity contribution in [2.75, 3.05) is 39.3 Å². The highest BCUT2D eigenvalue weighted by molar-refractivity contribution is 4.68. The first kappa shape index (κ1) is 9.96. The molecule has 12 heavy (non-hydrogen) atoms. The van der Waals surface area contributed by atoms with Gasteiger partial charge >= 0.3 is 0 Å². The van der Waals surface area contributed by atoms with E-state index in [1.165, 1.54) is 32.5 Å². The van der Waals surface area contributed by atoms with Crippen LogP contribution in [0.4, 0.5) is 0 Å². The van der Waals surface area contributed by atoms with Crippen LogP contribution in [0.3, 0.4) is 0 Å². The molecule has 0 aromatic rings. The van der Waals surface area contributed by atoms with E-state index in [0.717, 1.165) is 26.1 Å². The van der Waals surface area contributed by atoms with Crippen LogP contribution in [-0.4, -0.2) is 44.2 Å². The minimum atomic E-state index is 0.805. The van der Waals surface area contributed by atoms with Crippen molar-refractivity contribution in [3.8, 4) is 0 Å². The zero-order valence-electron chi connectivity index (χ0n) is 7.89. The SMILES string of the molecule is NCCCNCCCN1CCC1. The summed E-state index contributed by atoms with van der Waals surface area (Å²) in [5.74, 6) is 0.